The lowest BCUT2D eigenvalue weighted by Gasteiger charge is -2.32. The third kappa shape index (κ3) is 5.09. The fourth-order valence-corrected chi connectivity index (χ4v) is 5.12. The van der Waals surface area contributed by atoms with Gasteiger partial charge in [-0.15, -0.1) is 11.3 Å². The van der Waals surface area contributed by atoms with Crippen LogP contribution in [0.15, 0.2) is 36.4 Å². The molecular formula is C26H33N3OS. The Morgan fingerprint density at radius 2 is 2.03 bits per heavy atom. The number of carbonyl (C=O) groups is 1. The number of hydrogen-bond donors (Lipinski definition) is 1. The number of benzene rings is 2. The van der Waals surface area contributed by atoms with Crippen molar-refractivity contribution in [2.45, 2.75) is 65.3 Å². The Bertz CT molecular complexity index is 1050. The van der Waals surface area contributed by atoms with Crippen LogP contribution in [0.3, 0.4) is 0 Å². The fourth-order valence-electron chi connectivity index (χ4n) is 4.25. The summed E-state index contributed by atoms with van der Waals surface area (Å²) in [5.41, 5.74) is 5.72. The molecule has 4 rings (SSSR count). The van der Waals surface area contributed by atoms with Crippen LogP contribution in [0.4, 0.5) is 17.1 Å². The van der Waals surface area contributed by atoms with Crippen molar-refractivity contribution < 1.29 is 4.79 Å². The van der Waals surface area contributed by atoms with Crippen LogP contribution in [0.2, 0.25) is 0 Å². The first-order valence-corrected chi connectivity index (χ1v) is 12.3. The zero-order chi connectivity index (χ0) is 22.0. The van der Waals surface area contributed by atoms with E-state index in [1.807, 2.05) is 0 Å². The molecule has 1 atom stereocenters. The van der Waals surface area contributed by atoms with Crippen molar-refractivity contribution in [3.05, 3.63) is 47.0 Å². The van der Waals surface area contributed by atoms with E-state index in [1.165, 1.54) is 28.8 Å². The van der Waals surface area contributed by atoms with Crippen molar-refractivity contribution >= 4 is 44.9 Å². The summed E-state index contributed by atoms with van der Waals surface area (Å²) < 4.78 is 1.20. The highest BCUT2D eigenvalue weighted by Crippen LogP contribution is 2.38. The highest BCUT2D eigenvalue weighted by Gasteiger charge is 2.27. The molecule has 3 aromatic rings. The number of aromatic nitrogens is 1. The quantitative estimate of drug-likeness (QED) is 0.346. The van der Waals surface area contributed by atoms with Crippen LogP contribution in [-0.4, -0.2) is 23.9 Å². The molecule has 1 unspecified atom stereocenters. The zero-order valence-electron chi connectivity index (χ0n) is 19.0. The molecule has 0 aliphatic heterocycles. The van der Waals surface area contributed by atoms with Gasteiger partial charge in [-0.1, -0.05) is 13.0 Å². The van der Waals surface area contributed by atoms with Crippen molar-refractivity contribution in [1.82, 2.24) is 4.98 Å². The Hall–Kier alpha value is -2.40. The molecule has 1 aromatic heterocycles. The number of carbonyl (C=O) groups excluding carboxylic acids is 1. The lowest BCUT2D eigenvalue weighted by atomic mass is 9.93. The lowest BCUT2D eigenvalue weighted by molar-refractivity contribution is -0.108. The van der Waals surface area contributed by atoms with Crippen molar-refractivity contribution in [1.29, 1.82) is 0 Å². The van der Waals surface area contributed by atoms with E-state index < -0.39 is 0 Å². The topological polar surface area (TPSA) is 45.2 Å². The standard InChI is InChI=1S/C26H33N3OS/c1-5-20(12-13-30)21-8-11-25(29(17(2)3)16-19-6-7-19)24(14-21)28-22-9-10-23-26(15-22)31-18(4)27-23/h8-11,13-15,17,19-20,28H,5-7,12,16H2,1-4H3. The number of aldehydes is 1. The summed E-state index contributed by atoms with van der Waals surface area (Å²) in [4.78, 5) is 18.3. The smallest absolute Gasteiger partial charge is 0.120 e. The number of rotatable bonds is 10. The van der Waals surface area contributed by atoms with Crippen LogP contribution in [0.25, 0.3) is 10.2 Å². The molecule has 0 bridgehead atoms. The summed E-state index contributed by atoms with van der Waals surface area (Å²) in [7, 11) is 0. The highest BCUT2D eigenvalue weighted by atomic mass is 32.1. The van der Waals surface area contributed by atoms with E-state index in [0.717, 1.165) is 47.1 Å². The van der Waals surface area contributed by atoms with E-state index in [0.29, 0.717) is 12.5 Å². The van der Waals surface area contributed by atoms with E-state index in [9.17, 15) is 4.79 Å². The van der Waals surface area contributed by atoms with E-state index in [2.05, 4.69) is 79.3 Å². The first-order chi connectivity index (χ1) is 15.0. The Morgan fingerprint density at radius 3 is 2.71 bits per heavy atom. The minimum absolute atomic E-state index is 0.259. The molecule has 1 fully saturated rings. The van der Waals surface area contributed by atoms with Crippen molar-refractivity contribution in [3.63, 3.8) is 0 Å². The molecule has 0 saturated heterocycles. The SMILES string of the molecule is CCC(CC=O)c1ccc(N(CC2CC2)C(C)C)c(Nc2ccc3nc(C)sc3c2)c1. The van der Waals surface area contributed by atoms with Crippen LogP contribution in [-0.2, 0) is 4.79 Å². The Balaban J connectivity index is 1.73. The first-order valence-electron chi connectivity index (χ1n) is 11.5. The summed E-state index contributed by atoms with van der Waals surface area (Å²) in [5.74, 6) is 1.07. The number of anilines is 3. The van der Waals surface area contributed by atoms with Crippen LogP contribution in [0, 0.1) is 12.8 Å². The summed E-state index contributed by atoms with van der Waals surface area (Å²) in [5, 5.41) is 4.80. The third-order valence-electron chi connectivity index (χ3n) is 6.22. The molecule has 0 radical (unpaired) electrons. The van der Waals surface area contributed by atoms with Crippen molar-refractivity contribution in [3.8, 4) is 0 Å². The predicted molar refractivity (Wildman–Crippen MR) is 133 cm³/mol. The minimum Gasteiger partial charge on any atom is -0.367 e. The fraction of sp³-hybridized carbons (Fsp3) is 0.462. The van der Waals surface area contributed by atoms with Gasteiger partial charge in [-0.3, -0.25) is 0 Å². The average Bonchev–Trinajstić information content (AvgIpc) is 3.49. The molecule has 1 aliphatic rings. The second-order valence-electron chi connectivity index (χ2n) is 9.01. The normalized spacial score (nSPS) is 14.7. The van der Waals surface area contributed by atoms with Gasteiger partial charge in [0.25, 0.3) is 0 Å². The molecule has 1 aliphatic carbocycles. The molecule has 31 heavy (non-hydrogen) atoms. The number of aryl methyl sites for hydroxylation is 1. The van der Waals surface area contributed by atoms with Gasteiger partial charge in [0.05, 0.1) is 26.6 Å². The van der Waals surface area contributed by atoms with Gasteiger partial charge in [-0.25, -0.2) is 4.98 Å². The van der Waals surface area contributed by atoms with Crippen LogP contribution < -0.4 is 10.2 Å². The van der Waals surface area contributed by atoms with Gasteiger partial charge in [0.2, 0.25) is 0 Å². The second kappa shape index (κ2) is 9.39. The van der Waals surface area contributed by atoms with Gasteiger partial charge >= 0.3 is 0 Å². The largest absolute Gasteiger partial charge is 0.367 e. The average molecular weight is 436 g/mol. The van der Waals surface area contributed by atoms with Crippen LogP contribution in [0.1, 0.15) is 62.9 Å². The summed E-state index contributed by atoms with van der Waals surface area (Å²) in [6, 6.07) is 13.6. The van der Waals surface area contributed by atoms with Gasteiger partial charge in [-0.2, -0.15) is 0 Å². The van der Waals surface area contributed by atoms with Gasteiger partial charge in [0.1, 0.15) is 6.29 Å². The second-order valence-corrected chi connectivity index (χ2v) is 10.2. The number of thiazole rings is 1. The van der Waals surface area contributed by atoms with Crippen molar-refractivity contribution in [2.24, 2.45) is 5.92 Å². The molecule has 1 heterocycles. The number of fused-ring (bicyclic) bond motifs is 1. The number of hydrogen-bond acceptors (Lipinski definition) is 5. The number of nitrogens with one attached hydrogen (secondary N) is 1. The van der Waals surface area contributed by atoms with E-state index in [1.54, 1.807) is 11.3 Å². The Labute approximate surface area is 189 Å². The first kappa shape index (κ1) is 21.8. The van der Waals surface area contributed by atoms with Gasteiger partial charge in [0.15, 0.2) is 0 Å². The van der Waals surface area contributed by atoms with Gasteiger partial charge in [-0.05, 0) is 87.8 Å². The van der Waals surface area contributed by atoms with Crippen LogP contribution in [0.5, 0.6) is 0 Å². The molecular weight excluding hydrogens is 402 g/mol. The Morgan fingerprint density at radius 1 is 1.23 bits per heavy atom. The van der Waals surface area contributed by atoms with E-state index in [4.69, 9.17) is 0 Å². The summed E-state index contributed by atoms with van der Waals surface area (Å²) >= 11 is 1.73. The maximum Gasteiger partial charge on any atom is 0.120 e. The minimum atomic E-state index is 0.259. The maximum absolute atomic E-state index is 11.2. The predicted octanol–water partition coefficient (Wildman–Crippen LogP) is 7.06. The molecule has 5 heteroatoms. The molecule has 2 aromatic carbocycles. The Kier molecular flexibility index (Phi) is 6.61. The molecule has 164 valence electrons. The van der Waals surface area contributed by atoms with E-state index >= 15 is 0 Å². The molecule has 4 nitrogen and oxygen atoms in total. The summed E-state index contributed by atoms with van der Waals surface area (Å²) in [6.07, 6.45) is 5.24. The molecule has 1 saturated carbocycles. The monoisotopic (exact) mass is 435 g/mol. The van der Waals surface area contributed by atoms with Crippen molar-refractivity contribution in [2.75, 3.05) is 16.8 Å². The maximum atomic E-state index is 11.2. The highest BCUT2D eigenvalue weighted by molar-refractivity contribution is 7.18. The van der Waals surface area contributed by atoms with Gasteiger partial charge < -0.3 is 15.0 Å². The van der Waals surface area contributed by atoms with Crippen LogP contribution >= 0.6 is 11.3 Å². The zero-order valence-corrected chi connectivity index (χ0v) is 19.8. The van der Waals surface area contributed by atoms with E-state index in [-0.39, 0.29) is 5.92 Å². The molecule has 0 amide bonds. The molecule has 0 spiro atoms. The number of nitrogens with zero attached hydrogens (tertiary/aromatic N) is 2. The third-order valence-corrected chi connectivity index (χ3v) is 7.16. The van der Waals surface area contributed by atoms with Gasteiger partial charge in [0, 0.05) is 24.7 Å². The molecule has 1 N–H and O–H groups in total. The summed E-state index contributed by atoms with van der Waals surface area (Å²) in [6.45, 7) is 9.85. The lowest BCUT2D eigenvalue weighted by Crippen LogP contribution is -2.33.